The summed E-state index contributed by atoms with van der Waals surface area (Å²) in [4.78, 5) is 0. The highest BCUT2D eigenvalue weighted by Crippen LogP contribution is 2.48. The fraction of sp³-hybridized carbons (Fsp3) is 0.296. The minimum Gasteiger partial charge on any atom is -0.493 e. The first-order valence-corrected chi connectivity index (χ1v) is 11.5. The molecule has 2 aliphatic heterocycles. The molecule has 0 radical (unpaired) electrons. The predicted octanol–water partition coefficient (Wildman–Crippen LogP) is 6.72. The molecule has 0 bridgehead atoms. The van der Waals surface area contributed by atoms with E-state index >= 15 is 0 Å². The lowest BCUT2D eigenvalue weighted by atomic mass is 9.95. The van der Waals surface area contributed by atoms with Gasteiger partial charge in [0.05, 0.1) is 26.0 Å². The lowest BCUT2D eigenvalue weighted by Crippen LogP contribution is -2.33. The van der Waals surface area contributed by atoms with Gasteiger partial charge < -0.3 is 14.2 Å². The van der Waals surface area contributed by atoms with Gasteiger partial charge in [0.15, 0.2) is 11.5 Å². The van der Waals surface area contributed by atoms with Crippen LogP contribution in [-0.2, 0) is 0 Å². The normalized spacial score (nSPS) is 19.0. The van der Waals surface area contributed by atoms with Crippen LogP contribution in [0.5, 0.6) is 17.2 Å². The van der Waals surface area contributed by atoms with Crippen molar-refractivity contribution in [3.63, 3.8) is 0 Å². The van der Waals surface area contributed by atoms with Crippen molar-refractivity contribution in [2.45, 2.75) is 38.5 Å². The van der Waals surface area contributed by atoms with Gasteiger partial charge >= 0.3 is 0 Å². The van der Waals surface area contributed by atoms with Crippen LogP contribution in [0.3, 0.4) is 0 Å². The predicted molar refractivity (Wildman–Crippen MR) is 131 cm³/mol. The fourth-order valence-electron chi connectivity index (χ4n) is 4.51. The van der Waals surface area contributed by atoms with Crippen molar-refractivity contribution in [3.8, 4) is 17.2 Å². The largest absolute Gasteiger partial charge is 0.493 e. The molecule has 6 heteroatoms. The SMILES string of the molecule is COc1ccc(C2=NN3[C@@H](C2)c2cc(Cl)ccc2O[C@H]3c2ccc(C(C)C)cc2)cc1OC. The van der Waals surface area contributed by atoms with Gasteiger partial charge in [0.25, 0.3) is 0 Å². The van der Waals surface area contributed by atoms with Crippen LogP contribution in [0.25, 0.3) is 0 Å². The number of hydrogen-bond acceptors (Lipinski definition) is 5. The maximum atomic E-state index is 6.47. The third-order valence-electron chi connectivity index (χ3n) is 6.36. The Labute approximate surface area is 199 Å². The van der Waals surface area contributed by atoms with Gasteiger partial charge in [-0.3, -0.25) is 0 Å². The van der Waals surface area contributed by atoms with Crippen LogP contribution in [0.1, 0.15) is 60.7 Å². The van der Waals surface area contributed by atoms with Gasteiger partial charge in [-0.15, -0.1) is 0 Å². The molecule has 0 amide bonds. The van der Waals surface area contributed by atoms with Crippen LogP contribution >= 0.6 is 11.6 Å². The quantitative estimate of drug-likeness (QED) is 0.422. The number of halogens is 1. The Morgan fingerprint density at radius 1 is 0.970 bits per heavy atom. The molecule has 170 valence electrons. The first-order chi connectivity index (χ1) is 16.0. The Kier molecular flexibility index (Phi) is 5.67. The van der Waals surface area contributed by atoms with E-state index in [9.17, 15) is 0 Å². The molecule has 0 fully saturated rings. The van der Waals surface area contributed by atoms with Crippen molar-refractivity contribution in [3.05, 3.63) is 87.9 Å². The number of ether oxygens (including phenoxy) is 3. The highest BCUT2D eigenvalue weighted by atomic mass is 35.5. The Hall–Kier alpha value is -3.18. The van der Waals surface area contributed by atoms with E-state index in [4.69, 9.17) is 30.9 Å². The smallest absolute Gasteiger partial charge is 0.213 e. The number of methoxy groups -OCH3 is 2. The van der Waals surface area contributed by atoms with E-state index in [0.29, 0.717) is 22.4 Å². The van der Waals surface area contributed by atoms with E-state index in [0.717, 1.165) is 34.6 Å². The zero-order chi connectivity index (χ0) is 23.1. The van der Waals surface area contributed by atoms with E-state index in [1.165, 1.54) is 5.56 Å². The Bertz CT molecular complexity index is 1210. The molecule has 33 heavy (non-hydrogen) atoms. The fourth-order valence-corrected chi connectivity index (χ4v) is 4.69. The number of hydrazone groups is 1. The number of hydrogen-bond donors (Lipinski definition) is 0. The Morgan fingerprint density at radius 2 is 1.73 bits per heavy atom. The molecule has 0 N–H and O–H groups in total. The molecule has 0 aromatic heterocycles. The summed E-state index contributed by atoms with van der Waals surface area (Å²) in [6, 6.07) is 20.4. The summed E-state index contributed by atoms with van der Waals surface area (Å²) in [5.41, 5.74) is 5.40. The van der Waals surface area contributed by atoms with Crippen LogP contribution in [-0.4, -0.2) is 24.9 Å². The standard InChI is InChI=1S/C27H27ClN2O3/c1-16(2)17-5-7-18(8-6-17)27-30-23(21-14-20(28)10-12-24(21)33-27)15-22(29-30)19-9-11-25(31-3)26(13-19)32-4/h5-14,16,23,27H,15H2,1-4H3/t23-,27-/m0/s1. The van der Waals surface area contributed by atoms with Crippen molar-refractivity contribution < 1.29 is 14.2 Å². The number of benzene rings is 3. The van der Waals surface area contributed by atoms with Gasteiger partial charge in [0.1, 0.15) is 5.75 Å². The van der Waals surface area contributed by atoms with Crippen molar-refractivity contribution in [1.29, 1.82) is 0 Å². The van der Waals surface area contributed by atoms with E-state index in [2.05, 4.69) is 43.1 Å². The first-order valence-electron chi connectivity index (χ1n) is 11.1. The third kappa shape index (κ3) is 3.91. The summed E-state index contributed by atoms with van der Waals surface area (Å²) in [6.07, 6.45) is 0.426. The van der Waals surface area contributed by atoms with Crippen molar-refractivity contribution in [2.75, 3.05) is 14.2 Å². The van der Waals surface area contributed by atoms with Crippen LogP contribution in [0.2, 0.25) is 5.02 Å². The minimum atomic E-state index is -0.317. The van der Waals surface area contributed by atoms with Gasteiger partial charge in [0, 0.05) is 28.1 Å². The van der Waals surface area contributed by atoms with E-state index < -0.39 is 0 Å². The highest BCUT2D eigenvalue weighted by molar-refractivity contribution is 6.30. The van der Waals surface area contributed by atoms with Crippen molar-refractivity contribution in [2.24, 2.45) is 5.10 Å². The summed E-state index contributed by atoms with van der Waals surface area (Å²) in [6.45, 7) is 4.39. The van der Waals surface area contributed by atoms with E-state index in [1.807, 2.05) is 36.4 Å². The summed E-state index contributed by atoms with van der Waals surface area (Å²) in [7, 11) is 3.28. The molecule has 5 rings (SSSR count). The maximum Gasteiger partial charge on any atom is 0.213 e. The molecule has 2 aliphatic rings. The van der Waals surface area contributed by atoms with Crippen molar-refractivity contribution in [1.82, 2.24) is 5.01 Å². The molecular weight excluding hydrogens is 436 g/mol. The molecule has 0 saturated heterocycles. The topological polar surface area (TPSA) is 43.3 Å². The first kappa shape index (κ1) is 21.7. The molecular formula is C27H27ClN2O3. The summed E-state index contributed by atoms with van der Waals surface area (Å²) < 4.78 is 17.4. The molecule has 0 spiro atoms. The van der Waals surface area contributed by atoms with Crippen LogP contribution in [0.4, 0.5) is 0 Å². The van der Waals surface area contributed by atoms with Crippen LogP contribution < -0.4 is 14.2 Å². The van der Waals surface area contributed by atoms with Gasteiger partial charge in [-0.25, -0.2) is 5.01 Å². The second-order valence-electron chi connectivity index (χ2n) is 8.69. The van der Waals surface area contributed by atoms with Crippen LogP contribution in [0.15, 0.2) is 65.8 Å². The molecule has 5 nitrogen and oxygen atoms in total. The summed E-state index contributed by atoms with van der Waals surface area (Å²) >= 11 is 6.35. The average Bonchev–Trinajstić information content (AvgIpc) is 3.29. The van der Waals surface area contributed by atoms with E-state index in [-0.39, 0.29) is 12.3 Å². The summed E-state index contributed by atoms with van der Waals surface area (Å²) in [5.74, 6) is 2.70. The Morgan fingerprint density at radius 3 is 2.42 bits per heavy atom. The molecule has 0 saturated carbocycles. The molecule has 3 aromatic carbocycles. The summed E-state index contributed by atoms with van der Waals surface area (Å²) in [5, 5.41) is 7.80. The molecule has 2 heterocycles. The van der Waals surface area contributed by atoms with Gasteiger partial charge in [0.2, 0.25) is 6.23 Å². The average molecular weight is 463 g/mol. The van der Waals surface area contributed by atoms with Gasteiger partial charge in [-0.2, -0.15) is 5.10 Å². The zero-order valence-electron chi connectivity index (χ0n) is 19.2. The number of rotatable bonds is 5. The minimum absolute atomic E-state index is 0.0327. The Balaban J connectivity index is 1.56. The molecule has 2 atom stereocenters. The number of nitrogens with zero attached hydrogens (tertiary/aromatic N) is 2. The maximum absolute atomic E-state index is 6.47. The van der Waals surface area contributed by atoms with Gasteiger partial charge in [-0.05, 0) is 47.9 Å². The number of fused-ring (bicyclic) bond motifs is 3. The second-order valence-corrected chi connectivity index (χ2v) is 9.13. The monoisotopic (exact) mass is 462 g/mol. The third-order valence-corrected chi connectivity index (χ3v) is 6.59. The zero-order valence-corrected chi connectivity index (χ0v) is 20.0. The highest BCUT2D eigenvalue weighted by Gasteiger charge is 2.41. The second kappa shape index (κ2) is 8.64. The van der Waals surface area contributed by atoms with E-state index in [1.54, 1.807) is 14.2 Å². The van der Waals surface area contributed by atoms with Crippen LogP contribution in [0, 0.1) is 0 Å². The molecule has 3 aromatic rings. The van der Waals surface area contributed by atoms with Gasteiger partial charge in [-0.1, -0.05) is 49.7 Å². The molecule has 0 aliphatic carbocycles. The lowest BCUT2D eigenvalue weighted by Gasteiger charge is -2.38. The molecule has 0 unspecified atom stereocenters. The lowest BCUT2D eigenvalue weighted by molar-refractivity contribution is -0.0190. The van der Waals surface area contributed by atoms with Crippen molar-refractivity contribution >= 4 is 17.3 Å².